The Hall–Kier alpha value is -2.34. The summed E-state index contributed by atoms with van der Waals surface area (Å²) in [5, 5.41) is 4.47. The highest BCUT2D eigenvalue weighted by Crippen LogP contribution is 2.16. The third kappa shape index (κ3) is 4.33. The number of hydrogen-bond acceptors (Lipinski definition) is 5. The lowest BCUT2D eigenvalue weighted by atomic mass is 10.3. The predicted octanol–water partition coefficient (Wildman–Crippen LogP) is 3.33. The molecule has 0 fully saturated rings. The van der Waals surface area contributed by atoms with Crippen LogP contribution in [0.1, 0.15) is 23.5 Å². The van der Waals surface area contributed by atoms with Crippen LogP contribution in [0.25, 0.3) is 0 Å². The van der Waals surface area contributed by atoms with Gasteiger partial charge in [-0.25, -0.2) is 4.79 Å². The van der Waals surface area contributed by atoms with Crippen molar-refractivity contribution in [3.05, 3.63) is 46.7 Å². The lowest BCUT2D eigenvalue weighted by Crippen LogP contribution is -2.29. The minimum absolute atomic E-state index is 0.380. The second-order valence-corrected chi connectivity index (χ2v) is 5.42. The lowest BCUT2D eigenvalue weighted by Gasteiger charge is -2.13. The van der Waals surface area contributed by atoms with Crippen LogP contribution < -0.4 is 10.1 Å². The SMILES string of the molecule is CCOc1ccc(NC(=O)[C@H](C)OC(=O)c2cccs2)cc1. The van der Waals surface area contributed by atoms with Gasteiger partial charge < -0.3 is 14.8 Å². The summed E-state index contributed by atoms with van der Waals surface area (Å²) in [7, 11) is 0. The summed E-state index contributed by atoms with van der Waals surface area (Å²) in [5.41, 5.74) is 0.618. The van der Waals surface area contributed by atoms with E-state index in [2.05, 4.69) is 5.32 Å². The van der Waals surface area contributed by atoms with E-state index in [0.29, 0.717) is 17.2 Å². The number of rotatable bonds is 6. The van der Waals surface area contributed by atoms with Crippen molar-refractivity contribution in [3.63, 3.8) is 0 Å². The minimum atomic E-state index is -0.874. The molecule has 1 heterocycles. The third-order valence-corrected chi connectivity index (χ3v) is 3.66. The maximum absolute atomic E-state index is 12.0. The monoisotopic (exact) mass is 319 g/mol. The van der Waals surface area contributed by atoms with Gasteiger partial charge in [-0.1, -0.05) is 6.07 Å². The molecule has 0 spiro atoms. The van der Waals surface area contributed by atoms with E-state index >= 15 is 0 Å². The molecule has 0 saturated heterocycles. The number of nitrogens with one attached hydrogen (secondary N) is 1. The van der Waals surface area contributed by atoms with E-state index in [-0.39, 0.29) is 5.91 Å². The molecule has 0 saturated carbocycles. The molecule has 5 nitrogen and oxygen atoms in total. The first-order valence-corrected chi connectivity index (χ1v) is 7.76. The van der Waals surface area contributed by atoms with E-state index in [1.807, 2.05) is 6.92 Å². The molecule has 0 aliphatic heterocycles. The summed E-state index contributed by atoms with van der Waals surface area (Å²) in [4.78, 5) is 24.3. The van der Waals surface area contributed by atoms with E-state index in [4.69, 9.17) is 9.47 Å². The lowest BCUT2D eigenvalue weighted by molar-refractivity contribution is -0.123. The van der Waals surface area contributed by atoms with E-state index in [9.17, 15) is 9.59 Å². The minimum Gasteiger partial charge on any atom is -0.494 e. The third-order valence-electron chi connectivity index (χ3n) is 2.81. The highest BCUT2D eigenvalue weighted by atomic mass is 32.1. The maximum atomic E-state index is 12.0. The second kappa shape index (κ2) is 7.61. The molecule has 1 aromatic heterocycles. The standard InChI is InChI=1S/C16H17NO4S/c1-3-20-13-8-6-12(7-9-13)17-15(18)11(2)21-16(19)14-5-4-10-22-14/h4-11H,3H2,1-2H3,(H,17,18)/t11-/m0/s1. The number of anilines is 1. The van der Waals surface area contributed by atoms with Gasteiger partial charge in [0, 0.05) is 5.69 Å². The average molecular weight is 319 g/mol. The molecule has 22 heavy (non-hydrogen) atoms. The van der Waals surface area contributed by atoms with Crippen LogP contribution >= 0.6 is 11.3 Å². The van der Waals surface area contributed by atoms with Gasteiger partial charge in [-0.05, 0) is 49.6 Å². The van der Waals surface area contributed by atoms with Gasteiger partial charge in [0.1, 0.15) is 10.6 Å². The Kier molecular flexibility index (Phi) is 5.55. The van der Waals surface area contributed by atoms with E-state index < -0.39 is 12.1 Å². The van der Waals surface area contributed by atoms with E-state index in [0.717, 1.165) is 5.75 Å². The fraction of sp³-hybridized carbons (Fsp3) is 0.250. The van der Waals surface area contributed by atoms with Crippen LogP contribution in [-0.2, 0) is 9.53 Å². The first-order chi connectivity index (χ1) is 10.6. The van der Waals surface area contributed by atoms with Gasteiger partial charge >= 0.3 is 5.97 Å². The Bertz CT molecular complexity index is 622. The number of carbonyl (C=O) groups excluding carboxylic acids is 2. The van der Waals surface area contributed by atoms with Crippen LogP contribution in [-0.4, -0.2) is 24.6 Å². The fourth-order valence-electron chi connectivity index (χ4n) is 1.71. The Labute approximate surface area is 132 Å². The van der Waals surface area contributed by atoms with Crippen LogP contribution in [0.2, 0.25) is 0 Å². The van der Waals surface area contributed by atoms with Crippen molar-refractivity contribution in [3.8, 4) is 5.75 Å². The number of thiophene rings is 1. The molecule has 0 aliphatic rings. The molecule has 1 amide bonds. The molecule has 2 aromatic rings. The van der Waals surface area contributed by atoms with Gasteiger partial charge in [0.05, 0.1) is 6.61 Å². The largest absolute Gasteiger partial charge is 0.494 e. The summed E-state index contributed by atoms with van der Waals surface area (Å²) in [6.45, 7) is 4.02. The summed E-state index contributed by atoms with van der Waals surface area (Å²) < 4.78 is 10.5. The van der Waals surface area contributed by atoms with Crippen molar-refractivity contribution in [1.29, 1.82) is 0 Å². The van der Waals surface area contributed by atoms with E-state index in [1.54, 1.807) is 41.8 Å². The molecule has 1 aromatic carbocycles. The molecule has 0 bridgehead atoms. The molecular weight excluding hydrogens is 302 g/mol. The zero-order valence-corrected chi connectivity index (χ0v) is 13.2. The summed E-state index contributed by atoms with van der Waals surface area (Å²) in [5.74, 6) is -0.143. The number of benzene rings is 1. The number of carbonyl (C=O) groups is 2. The smallest absolute Gasteiger partial charge is 0.349 e. The van der Waals surface area contributed by atoms with Gasteiger partial charge in [-0.15, -0.1) is 11.3 Å². The first kappa shape index (κ1) is 16.0. The Morgan fingerprint density at radius 1 is 1.23 bits per heavy atom. The fourth-order valence-corrected chi connectivity index (χ4v) is 2.32. The quantitative estimate of drug-likeness (QED) is 0.830. The van der Waals surface area contributed by atoms with Gasteiger partial charge in [-0.2, -0.15) is 0 Å². The molecule has 0 radical (unpaired) electrons. The second-order valence-electron chi connectivity index (χ2n) is 4.47. The van der Waals surface area contributed by atoms with Crippen molar-refractivity contribution >= 4 is 28.9 Å². The van der Waals surface area contributed by atoms with Crippen molar-refractivity contribution in [2.45, 2.75) is 20.0 Å². The maximum Gasteiger partial charge on any atom is 0.349 e. The van der Waals surface area contributed by atoms with Crippen molar-refractivity contribution in [1.82, 2.24) is 0 Å². The van der Waals surface area contributed by atoms with E-state index in [1.165, 1.54) is 18.3 Å². The molecule has 0 aliphatic carbocycles. The zero-order chi connectivity index (χ0) is 15.9. The van der Waals surface area contributed by atoms with Crippen LogP contribution in [0.3, 0.4) is 0 Å². The summed E-state index contributed by atoms with van der Waals surface area (Å²) in [6.07, 6.45) is -0.874. The predicted molar refractivity (Wildman–Crippen MR) is 85.4 cm³/mol. The normalized spacial score (nSPS) is 11.5. The highest BCUT2D eigenvalue weighted by molar-refractivity contribution is 7.11. The molecule has 0 unspecified atom stereocenters. The number of hydrogen-bond donors (Lipinski definition) is 1. The summed E-state index contributed by atoms with van der Waals surface area (Å²) in [6, 6.07) is 10.4. The van der Waals surface area contributed by atoms with Crippen LogP contribution in [0.15, 0.2) is 41.8 Å². The van der Waals surface area contributed by atoms with Crippen molar-refractivity contribution in [2.24, 2.45) is 0 Å². The van der Waals surface area contributed by atoms with Crippen LogP contribution in [0, 0.1) is 0 Å². The summed E-state index contributed by atoms with van der Waals surface area (Å²) >= 11 is 1.27. The molecule has 2 rings (SSSR count). The molecular formula is C16H17NO4S. The Balaban J connectivity index is 1.89. The van der Waals surface area contributed by atoms with Crippen LogP contribution in [0.5, 0.6) is 5.75 Å². The Morgan fingerprint density at radius 3 is 2.55 bits per heavy atom. The topological polar surface area (TPSA) is 64.6 Å². The Morgan fingerprint density at radius 2 is 1.95 bits per heavy atom. The highest BCUT2D eigenvalue weighted by Gasteiger charge is 2.19. The first-order valence-electron chi connectivity index (χ1n) is 6.88. The molecule has 6 heteroatoms. The van der Waals surface area contributed by atoms with Gasteiger partial charge in [0.2, 0.25) is 0 Å². The van der Waals surface area contributed by atoms with Gasteiger partial charge in [-0.3, -0.25) is 4.79 Å². The van der Waals surface area contributed by atoms with Gasteiger partial charge in [0.25, 0.3) is 5.91 Å². The number of amides is 1. The zero-order valence-electron chi connectivity index (χ0n) is 12.4. The molecule has 116 valence electrons. The van der Waals surface area contributed by atoms with Gasteiger partial charge in [0.15, 0.2) is 6.10 Å². The van der Waals surface area contributed by atoms with Crippen molar-refractivity contribution < 1.29 is 19.1 Å². The molecule has 1 atom stereocenters. The molecule has 1 N–H and O–H groups in total. The average Bonchev–Trinajstić information content (AvgIpc) is 3.04. The van der Waals surface area contributed by atoms with Crippen LogP contribution in [0.4, 0.5) is 5.69 Å². The number of esters is 1. The number of ether oxygens (including phenoxy) is 2. The van der Waals surface area contributed by atoms with Crippen molar-refractivity contribution in [2.75, 3.05) is 11.9 Å².